The Morgan fingerprint density at radius 2 is 1.88 bits per heavy atom. The summed E-state index contributed by atoms with van der Waals surface area (Å²) in [5, 5.41) is 12.3. The number of methoxy groups -OCH3 is 1. The van der Waals surface area contributed by atoms with Crippen LogP contribution in [0.4, 0.5) is 0 Å². The highest BCUT2D eigenvalue weighted by Gasteiger charge is 2.10. The summed E-state index contributed by atoms with van der Waals surface area (Å²) in [6, 6.07) is 10.7. The van der Waals surface area contributed by atoms with Crippen LogP contribution in [0.2, 0.25) is 0 Å². The van der Waals surface area contributed by atoms with Crippen molar-refractivity contribution in [1.29, 1.82) is 0 Å². The van der Waals surface area contributed by atoms with Crippen molar-refractivity contribution in [3.63, 3.8) is 0 Å². The lowest BCUT2D eigenvalue weighted by atomic mass is 10.1. The summed E-state index contributed by atoms with van der Waals surface area (Å²) in [4.78, 5) is 10.9. The zero-order valence-corrected chi connectivity index (χ0v) is 15.9. The smallest absolute Gasteiger partial charge is 0.335 e. The van der Waals surface area contributed by atoms with E-state index in [1.54, 1.807) is 19.2 Å². The Hall–Kier alpha value is -2.05. The molecule has 0 saturated carbocycles. The third kappa shape index (κ3) is 5.47. The Labute approximate surface area is 156 Å². The van der Waals surface area contributed by atoms with Gasteiger partial charge in [0.1, 0.15) is 0 Å². The van der Waals surface area contributed by atoms with Gasteiger partial charge < -0.3 is 19.9 Å². The fraction of sp³-hybridized carbons (Fsp3) is 0.316. The number of carbonyl (C=O) groups is 1. The number of carboxylic acids is 1. The highest BCUT2D eigenvalue weighted by atomic mass is 79.9. The van der Waals surface area contributed by atoms with Crippen molar-refractivity contribution in [3.8, 4) is 11.5 Å². The lowest BCUT2D eigenvalue weighted by Crippen LogP contribution is -2.13. The highest BCUT2D eigenvalue weighted by molar-refractivity contribution is 9.10. The summed E-state index contributed by atoms with van der Waals surface area (Å²) >= 11 is 3.57. The van der Waals surface area contributed by atoms with Gasteiger partial charge >= 0.3 is 5.97 Å². The first-order chi connectivity index (χ1) is 12.0. The van der Waals surface area contributed by atoms with Crippen LogP contribution in [-0.2, 0) is 13.1 Å². The van der Waals surface area contributed by atoms with Crippen LogP contribution in [-0.4, -0.2) is 24.8 Å². The molecule has 0 aliphatic heterocycles. The second kappa shape index (κ2) is 9.44. The van der Waals surface area contributed by atoms with E-state index >= 15 is 0 Å². The van der Waals surface area contributed by atoms with Crippen LogP contribution in [0.25, 0.3) is 0 Å². The monoisotopic (exact) mass is 407 g/mol. The van der Waals surface area contributed by atoms with Gasteiger partial charge in [-0.2, -0.15) is 0 Å². The SMILES string of the molecule is CCCOc1cc(Br)c(CNCc2ccc(C(=O)O)cc2)cc1OC. The van der Waals surface area contributed by atoms with E-state index in [0.29, 0.717) is 31.0 Å². The lowest BCUT2D eigenvalue weighted by molar-refractivity contribution is 0.0697. The molecule has 0 aliphatic rings. The van der Waals surface area contributed by atoms with Gasteiger partial charge in [-0.25, -0.2) is 4.79 Å². The van der Waals surface area contributed by atoms with Gasteiger partial charge in [0.25, 0.3) is 0 Å². The predicted octanol–water partition coefficient (Wildman–Crippen LogP) is 4.23. The van der Waals surface area contributed by atoms with Crippen molar-refractivity contribution in [2.75, 3.05) is 13.7 Å². The Balaban J connectivity index is 1.99. The van der Waals surface area contributed by atoms with Gasteiger partial charge in [0.2, 0.25) is 0 Å². The molecule has 2 aromatic carbocycles. The first-order valence-corrected chi connectivity index (χ1v) is 8.86. The minimum Gasteiger partial charge on any atom is -0.493 e. The van der Waals surface area contributed by atoms with Crippen LogP contribution in [0.15, 0.2) is 40.9 Å². The first kappa shape index (κ1) is 19.3. The fourth-order valence-electron chi connectivity index (χ4n) is 2.30. The molecule has 0 atom stereocenters. The number of hydrogen-bond donors (Lipinski definition) is 2. The zero-order chi connectivity index (χ0) is 18.2. The van der Waals surface area contributed by atoms with E-state index in [1.165, 1.54) is 0 Å². The molecule has 0 radical (unpaired) electrons. The third-order valence-corrected chi connectivity index (χ3v) is 4.38. The highest BCUT2D eigenvalue weighted by Crippen LogP contribution is 2.33. The molecule has 25 heavy (non-hydrogen) atoms. The average molecular weight is 408 g/mol. The third-order valence-electron chi connectivity index (χ3n) is 3.64. The molecule has 5 nitrogen and oxygen atoms in total. The maximum absolute atomic E-state index is 10.9. The standard InChI is InChI=1S/C19H22BrNO4/c1-3-8-25-18-10-16(20)15(9-17(18)24-2)12-21-11-13-4-6-14(7-5-13)19(22)23/h4-7,9-10,21H,3,8,11-12H2,1-2H3,(H,22,23). The minimum atomic E-state index is -0.916. The molecular formula is C19H22BrNO4. The maximum atomic E-state index is 10.9. The molecule has 2 aromatic rings. The van der Waals surface area contributed by atoms with Gasteiger partial charge in [0.05, 0.1) is 19.3 Å². The predicted molar refractivity (Wildman–Crippen MR) is 100 cm³/mol. The minimum absolute atomic E-state index is 0.291. The lowest BCUT2D eigenvalue weighted by Gasteiger charge is -2.14. The summed E-state index contributed by atoms with van der Waals surface area (Å²) in [6.45, 7) is 3.99. The van der Waals surface area contributed by atoms with Crippen molar-refractivity contribution in [2.45, 2.75) is 26.4 Å². The summed E-state index contributed by atoms with van der Waals surface area (Å²) in [7, 11) is 1.63. The number of hydrogen-bond acceptors (Lipinski definition) is 4. The number of benzene rings is 2. The molecule has 6 heteroatoms. The number of halogens is 1. The molecule has 134 valence electrons. The molecule has 0 amide bonds. The number of rotatable bonds is 9. The van der Waals surface area contributed by atoms with Crippen molar-refractivity contribution < 1.29 is 19.4 Å². The van der Waals surface area contributed by atoms with Crippen LogP contribution in [0.3, 0.4) is 0 Å². The van der Waals surface area contributed by atoms with Crippen LogP contribution in [0.5, 0.6) is 11.5 Å². The second-order valence-electron chi connectivity index (χ2n) is 5.55. The molecule has 0 aliphatic carbocycles. The molecular weight excluding hydrogens is 386 g/mol. The molecule has 0 fully saturated rings. The molecule has 0 unspecified atom stereocenters. The van der Waals surface area contributed by atoms with Crippen molar-refractivity contribution in [1.82, 2.24) is 5.32 Å². The Bertz CT molecular complexity index is 716. The number of nitrogens with one attached hydrogen (secondary N) is 1. The number of carboxylic acid groups (broad SMARTS) is 1. The van der Waals surface area contributed by atoms with Crippen LogP contribution in [0.1, 0.15) is 34.8 Å². The Morgan fingerprint density at radius 3 is 2.48 bits per heavy atom. The van der Waals surface area contributed by atoms with Crippen LogP contribution in [0, 0.1) is 0 Å². The molecule has 2 rings (SSSR count). The van der Waals surface area contributed by atoms with Crippen LogP contribution < -0.4 is 14.8 Å². The molecule has 2 N–H and O–H groups in total. The van der Waals surface area contributed by atoms with Crippen molar-refractivity contribution in [2.24, 2.45) is 0 Å². The van der Waals surface area contributed by atoms with E-state index in [-0.39, 0.29) is 0 Å². The molecule has 0 saturated heterocycles. The first-order valence-electron chi connectivity index (χ1n) is 8.07. The summed E-state index contributed by atoms with van der Waals surface area (Å²) in [5.41, 5.74) is 2.37. The Morgan fingerprint density at radius 1 is 1.16 bits per heavy atom. The zero-order valence-electron chi connectivity index (χ0n) is 14.3. The average Bonchev–Trinajstić information content (AvgIpc) is 2.61. The molecule has 0 heterocycles. The topological polar surface area (TPSA) is 67.8 Å². The quantitative estimate of drug-likeness (QED) is 0.650. The van der Waals surface area contributed by atoms with Gasteiger partial charge in [0, 0.05) is 17.6 Å². The number of ether oxygens (including phenoxy) is 2. The van der Waals surface area contributed by atoms with Gasteiger partial charge in [0.15, 0.2) is 11.5 Å². The van der Waals surface area contributed by atoms with E-state index in [2.05, 4.69) is 28.2 Å². The van der Waals surface area contributed by atoms with E-state index < -0.39 is 5.97 Å². The van der Waals surface area contributed by atoms with Gasteiger partial charge in [-0.3, -0.25) is 0 Å². The maximum Gasteiger partial charge on any atom is 0.335 e. The summed E-state index contributed by atoms with van der Waals surface area (Å²) in [5.74, 6) is 0.518. The normalized spacial score (nSPS) is 10.5. The largest absolute Gasteiger partial charge is 0.493 e. The van der Waals surface area contributed by atoms with Gasteiger partial charge in [-0.15, -0.1) is 0 Å². The fourth-order valence-corrected chi connectivity index (χ4v) is 2.77. The molecule has 0 spiro atoms. The number of aromatic carboxylic acids is 1. The van der Waals surface area contributed by atoms with E-state index in [1.807, 2.05) is 24.3 Å². The molecule has 0 bridgehead atoms. The summed E-state index contributed by atoms with van der Waals surface area (Å²) < 4.78 is 12.1. The van der Waals surface area contributed by atoms with Gasteiger partial charge in [-0.05, 0) is 41.8 Å². The van der Waals surface area contributed by atoms with Crippen LogP contribution >= 0.6 is 15.9 Å². The van der Waals surface area contributed by atoms with Gasteiger partial charge in [-0.1, -0.05) is 35.0 Å². The second-order valence-corrected chi connectivity index (χ2v) is 6.40. The molecule has 0 aromatic heterocycles. The van der Waals surface area contributed by atoms with Crippen molar-refractivity contribution in [3.05, 3.63) is 57.6 Å². The van der Waals surface area contributed by atoms with E-state index in [4.69, 9.17) is 14.6 Å². The van der Waals surface area contributed by atoms with Crippen molar-refractivity contribution >= 4 is 21.9 Å². The van der Waals surface area contributed by atoms with E-state index in [9.17, 15) is 4.79 Å². The summed E-state index contributed by atoms with van der Waals surface area (Å²) in [6.07, 6.45) is 0.935. The van der Waals surface area contributed by atoms with E-state index in [0.717, 1.165) is 27.8 Å². The Kier molecular flexibility index (Phi) is 7.28.